The molecule has 100 valence electrons. The van der Waals surface area contributed by atoms with Crippen molar-refractivity contribution >= 4 is 35.9 Å². The quantitative estimate of drug-likeness (QED) is 0.652. The molecular weight excluding hydrogens is 262 g/mol. The number of hydrogen-bond acceptors (Lipinski definition) is 5. The molecule has 5 N–H and O–H groups in total. The van der Waals surface area contributed by atoms with E-state index in [4.69, 9.17) is 11.5 Å². The number of carbonyl (C=O) groups is 2. The van der Waals surface area contributed by atoms with Crippen LogP contribution in [0, 0.1) is 5.92 Å². The first kappa shape index (κ1) is 16.7. The lowest BCUT2D eigenvalue weighted by Crippen LogP contribution is -2.47. The number of thioether (sulfide) groups is 1. The summed E-state index contributed by atoms with van der Waals surface area (Å²) in [5, 5.41) is 2.52. The number of rotatable bonds is 5. The second kappa shape index (κ2) is 7.20. The molecule has 1 aliphatic rings. The van der Waals surface area contributed by atoms with Crippen molar-refractivity contribution < 1.29 is 9.59 Å². The second-order valence-corrected chi connectivity index (χ2v) is 5.61. The molecule has 0 aliphatic carbocycles. The Labute approximate surface area is 112 Å². The standard InChI is InChI=1S/C10H19N3O2S.ClH/c1-5(2)3-6(11)8(14)10-13-7(4-16-10)9(12)15;/h5-7,10,13H,3-4,11H2,1-2H3,(H2,12,15);1H/t6-,7?,10?;/m1./s1. The Bertz CT molecular complexity index is 289. The molecule has 1 saturated heterocycles. The number of halogens is 1. The van der Waals surface area contributed by atoms with Crippen molar-refractivity contribution in [1.82, 2.24) is 5.32 Å². The van der Waals surface area contributed by atoms with Crippen LogP contribution in [0.5, 0.6) is 0 Å². The highest BCUT2D eigenvalue weighted by atomic mass is 35.5. The van der Waals surface area contributed by atoms with Crippen LogP contribution in [0.4, 0.5) is 0 Å². The van der Waals surface area contributed by atoms with E-state index in [-0.39, 0.29) is 23.6 Å². The van der Waals surface area contributed by atoms with Crippen molar-refractivity contribution in [2.45, 2.75) is 37.7 Å². The van der Waals surface area contributed by atoms with E-state index in [0.29, 0.717) is 18.1 Å². The van der Waals surface area contributed by atoms with Gasteiger partial charge in [0.05, 0.1) is 12.1 Å². The van der Waals surface area contributed by atoms with Gasteiger partial charge in [0, 0.05) is 5.75 Å². The van der Waals surface area contributed by atoms with Gasteiger partial charge in [-0.15, -0.1) is 24.2 Å². The molecular formula is C10H20ClN3O2S. The molecule has 7 heteroatoms. The summed E-state index contributed by atoms with van der Waals surface area (Å²) >= 11 is 1.40. The number of nitrogens with two attached hydrogens (primary N) is 2. The van der Waals surface area contributed by atoms with Crippen LogP contribution in [-0.2, 0) is 9.59 Å². The number of hydrogen-bond donors (Lipinski definition) is 3. The fourth-order valence-corrected chi connectivity index (χ4v) is 2.86. The van der Waals surface area contributed by atoms with Crippen LogP contribution >= 0.6 is 24.2 Å². The minimum Gasteiger partial charge on any atom is -0.368 e. The lowest BCUT2D eigenvalue weighted by atomic mass is 10.0. The fraction of sp³-hybridized carbons (Fsp3) is 0.800. The normalized spacial score (nSPS) is 25.4. The second-order valence-electron chi connectivity index (χ2n) is 4.47. The van der Waals surface area contributed by atoms with Gasteiger partial charge < -0.3 is 11.5 Å². The molecule has 0 bridgehead atoms. The molecule has 1 rings (SSSR count). The Morgan fingerprint density at radius 2 is 2.06 bits per heavy atom. The Kier molecular flexibility index (Phi) is 7.08. The van der Waals surface area contributed by atoms with Crippen molar-refractivity contribution in [3.63, 3.8) is 0 Å². The zero-order valence-electron chi connectivity index (χ0n) is 10.0. The maximum Gasteiger partial charge on any atom is 0.235 e. The van der Waals surface area contributed by atoms with Gasteiger partial charge >= 0.3 is 0 Å². The van der Waals surface area contributed by atoms with Crippen LogP contribution in [0.3, 0.4) is 0 Å². The first-order valence-corrected chi connectivity index (χ1v) is 6.43. The third kappa shape index (κ3) is 4.83. The van der Waals surface area contributed by atoms with Crippen molar-refractivity contribution in [3.05, 3.63) is 0 Å². The van der Waals surface area contributed by atoms with Crippen molar-refractivity contribution in [2.24, 2.45) is 17.4 Å². The fourth-order valence-electron chi connectivity index (χ4n) is 1.62. The van der Waals surface area contributed by atoms with E-state index in [1.807, 2.05) is 13.8 Å². The molecule has 1 fully saturated rings. The van der Waals surface area contributed by atoms with Gasteiger partial charge in [-0.3, -0.25) is 14.9 Å². The SMILES string of the molecule is CC(C)C[C@@H](N)C(=O)C1NC(C(N)=O)CS1.Cl. The predicted octanol–water partition coefficient (Wildman–Crippen LogP) is -0.133. The van der Waals surface area contributed by atoms with Gasteiger partial charge in [-0.25, -0.2) is 0 Å². The van der Waals surface area contributed by atoms with E-state index in [0.717, 1.165) is 0 Å². The van der Waals surface area contributed by atoms with Crippen LogP contribution in [0.15, 0.2) is 0 Å². The third-order valence-corrected chi connectivity index (χ3v) is 3.70. The van der Waals surface area contributed by atoms with E-state index < -0.39 is 18.0 Å². The van der Waals surface area contributed by atoms with Gasteiger partial charge in [-0.1, -0.05) is 13.8 Å². The lowest BCUT2D eigenvalue weighted by Gasteiger charge is -2.17. The summed E-state index contributed by atoms with van der Waals surface area (Å²) < 4.78 is 0. The molecule has 1 amide bonds. The molecule has 0 spiro atoms. The zero-order valence-corrected chi connectivity index (χ0v) is 11.6. The third-order valence-electron chi connectivity index (χ3n) is 2.47. The highest BCUT2D eigenvalue weighted by Crippen LogP contribution is 2.21. The highest BCUT2D eigenvalue weighted by molar-refractivity contribution is 8.00. The number of Topliss-reactive ketones (excluding diaryl/α,β-unsaturated/α-hetero) is 1. The van der Waals surface area contributed by atoms with E-state index in [2.05, 4.69) is 5.32 Å². The smallest absolute Gasteiger partial charge is 0.235 e. The Morgan fingerprint density at radius 1 is 1.47 bits per heavy atom. The molecule has 1 heterocycles. The molecule has 0 radical (unpaired) electrons. The Hall–Kier alpha value is -0.300. The van der Waals surface area contributed by atoms with Crippen LogP contribution in [0.25, 0.3) is 0 Å². The van der Waals surface area contributed by atoms with Crippen LogP contribution in [0.1, 0.15) is 20.3 Å². The highest BCUT2D eigenvalue weighted by Gasteiger charge is 2.34. The molecule has 2 unspecified atom stereocenters. The van der Waals surface area contributed by atoms with Crippen LogP contribution in [0.2, 0.25) is 0 Å². The molecule has 0 aromatic heterocycles. The van der Waals surface area contributed by atoms with Gasteiger partial charge in [0.1, 0.15) is 5.37 Å². The predicted molar refractivity (Wildman–Crippen MR) is 72.0 cm³/mol. The Balaban J connectivity index is 0.00000256. The molecule has 0 aromatic rings. The van der Waals surface area contributed by atoms with Crippen molar-refractivity contribution in [1.29, 1.82) is 0 Å². The van der Waals surface area contributed by atoms with E-state index in [1.165, 1.54) is 11.8 Å². The van der Waals surface area contributed by atoms with Crippen LogP contribution in [-0.4, -0.2) is 34.9 Å². The summed E-state index contributed by atoms with van der Waals surface area (Å²) in [5.74, 6) is 0.472. The topological polar surface area (TPSA) is 98.2 Å². The van der Waals surface area contributed by atoms with Gasteiger partial charge in [0.25, 0.3) is 0 Å². The average molecular weight is 282 g/mol. The number of ketones is 1. The molecule has 5 nitrogen and oxygen atoms in total. The minimum atomic E-state index is -0.461. The summed E-state index contributed by atoms with van der Waals surface area (Å²) in [6.45, 7) is 4.04. The summed E-state index contributed by atoms with van der Waals surface area (Å²) in [6, 6.07) is -0.873. The van der Waals surface area contributed by atoms with Crippen LogP contribution < -0.4 is 16.8 Å². The molecule has 1 aliphatic heterocycles. The number of nitrogens with one attached hydrogen (secondary N) is 1. The number of amides is 1. The number of carbonyl (C=O) groups excluding carboxylic acids is 2. The summed E-state index contributed by atoms with van der Waals surface area (Å²) in [6.07, 6.45) is 0.665. The molecule has 3 atom stereocenters. The van der Waals surface area contributed by atoms with Gasteiger partial charge in [0.2, 0.25) is 5.91 Å². The van der Waals surface area contributed by atoms with Crippen molar-refractivity contribution in [3.8, 4) is 0 Å². The molecule has 0 aromatic carbocycles. The molecule has 0 saturated carbocycles. The first-order valence-electron chi connectivity index (χ1n) is 5.38. The molecule has 17 heavy (non-hydrogen) atoms. The van der Waals surface area contributed by atoms with E-state index in [9.17, 15) is 9.59 Å². The van der Waals surface area contributed by atoms with Gasteiger partial charge in [-0.2, -0.15) is 0 Å². The summed E-state index contributed by atoms with van der Waals surface area (Å²) in [7, 11) is 0. The van der Waals surface area contributed by atoms with E-state index >= 15 is 0 Å². The summed E-state index contributed by atoms with van der Waals surface area (Å²) in [4.78, 5) is 22.8. The summed E-state index contributed by atoms with van der Waals surface area (Å²) in [5.41, 5.74) is 11.0. The Morgan fingerprint density at radius 3 is 2.47 bits per heavy atom. The maximum absolute atomic E-state index is 11.9. The van der Waals surface area contributed by atoms with E-state index in [1.54, 1.807) is 0 Å². The van der Waals surface area contributed by atoms with Gasteiger partial charge in [-0.05, 0) is 12.3 Å². The minimum absolute atomic E-state index is 0. The average Bonchev–Trinajstić information content (AvgIpc) is 2.64. The van der Waals surface area contributed by atoms with Crippen molar-refractivity contribution in [2.75, 3.05) is 5.75 Å². The largest absolute Gasteiger partial charge is 0.368 e. The first-order chi connectivity index (χ1) is 7.41. The monoisotopic (exact) mass is 281 g/mol. The number of primary amides is 1. The van der Waals surface area contributed by atoms with Gasteiger partial charge in [0.15, 0.2) is 5.78 Å². The lowest BCUT2D eigenvalue weighted by molar-refractivity contribution is -0.121. The maximum atomic E-state index is 11.9. The zero-order chi connectivity index (χ0) is 12.3.